The topological polar surface area (TPSA) is 236 Å². The first-order valence-corrected chi connectivity index (χ1v) is 28.2. The maximum Gasteiger partial charge on any atom is 0.354 e. The Morgan fingerprint density at radius 1 is 0.483 bits per heavy atom. The molecule has 0 bridgehead atoms. The molecular formula is C70H78Ir2N7O9Pt-3. The molecule has 0 aliphatic heterocycles. The molecule has 5 aromatic carbocycles. The third-order valence-electron chi connectivity index (χ3n) is 13.9. The average molecular weight is 1740 g/mol. The Morgan fingerprint density at radius 2 is 0.843 bits per heavy atom. The minimum atomic E-state index is -0.990. The maximum atomic E-state index is 10.1. The molecule has 9 aromatic rings. The Labute approximate surface area is 565 Å². The number of aromatic nitrogens is 7. The normalized spacial score (nSPS) is 13.2. The fourth-order valence-electron chi connectivity index (χ4n) is 9.92. The minimum Gasteiger partial charge on any atom is -0.486 e. The summed E-state index contributed by atoms with van der Waals surface area (Å²) in [5, 5.41) is 42.6. The summed E-state index contributed by atoms with van der Waals surface area (Å²) in [5.74, 6) is 0.632. The van der Waals surface area contributed by atoms with Crippen LogP contribution in [0.2, 0.25) is 0 Å². The van der Waals surface area contributed by atoms with Gasteiger partial charge in [0.05, 0.1) is 62.8 Å². The van der Waals surface area contributed by atoms with Gasteiger partial charge >= 0.3 is 5.97 Å². The van der Waals surface area contributed by atoms with Crippen molar-refractivity contribution in [2.75, 3.05) is 21.3 Å². The number of ether oxygens (including phenoxy) is 3. The molecule has 0 amide bonds. The van der Waals surface area contributed by atoms with Crippen LogP contribution in [-0.4, -0.2) is 112 Å². The molecule has 2 radical (unpaired) electrons. The first-order valence-electron chi connectivity index (χ1n) is 28.2. The Balaban J connectivity index is 0.000000297. The molecule has 16 nitrogen and oxygen atoms in total. The van der Waals surface area contributed by atoms with E-state index in [1.54, 1.807) is 79.7 Å². The van der Waals surface area contributed by atoms with Gasteiger partial charge in [-0.2, -0.15) is 0 Å². The predicted molar refractivity (Wildman–Crippen MR) is 335 cm³/mol. The van der Waals surface area contributed by atoms with E-state index in [1.807, 2.05) is 45.0 Å². The number of nitrogens with zero attached hydrogens (tertiary/aromatic N) is 7. The van der Waals surface area contributed by atoms with Crippen molar-refractivity contribution >= 4 is 5.97 Å². The van der Waals surface area contributed by atoms with Crippen molar-refractivity contribution in [3.8, 4) is 73.7 Å². The fraction of sp³-hybridized carbons (Fsp3) is 0.314. The standard InChI is InChI=1S/2C21H19N2O.C12H11N2O.C6H5NO2.2C5H12O2.2Ir.Pt/c2*1-13-12-22-19(20(23-13)24-4)14-9-10-16-15-7-5-6-8-17(15)21(2,3)18(16)11-14;1-9-8-13-11(12(14-9)15-2)10-6-4-3-5-7-10;8-6(9)5-3-1-2-4-7-5;2*1-4(6)3-5(2)7;;;/h2*5-8,10-12H,1-4H3;3-6,8H,1-2H3;1-4H,(H,8,9);2*4-7H,3H2,1-2H3;;;/q3*-1;;;;;;. The summed E-state index contributed by atoms with van der Waals surface area (Å²) in [7, 11) is 4.84. The van der Waals surface area contributed by atoms with Crippen molar-refractivity contribution in [3.05, 3.63) is 203 Å². The molecule has 19 heteroatoms. The van der Waals surface area contributed by atoms with Crippen LogP contribution in [0, 0.1) is 39.0 Å². The largest absolute Gasteiger partial charge is 0.486 e. The van der Waals surface area contributed by atoms with Crippen LogP contribution < -0.4 is 14.2 Å². The summed E-state index contributed by atoms with van der Waals surface area (Å²) in [6.07, 6.45) is 6.14. The van der Waals surface area contributed by atoms with Crippen LogP contribution in [0.1, 0.15) is 118 Å². The molecule has 2 aliphatic carbocycles. The summed E-state index contributed by atoms with van der Waals surface area (Å²) in [6.45, 7) is 21.4. The zero-order chi connectivity index (χ0) is 62.9. The van der Waals surface area contributed by atoms with E-state index < -0.39 is 5.97 Å². The molecule has 4 atom stereocenters. The Kier molecular flexibility index (Phi) is 30.5. The molecule has 0 saturated carbocycles. The second-order valence-electron chi connectivity index (χ2n) is 22.0. The molecule has 4 unspecified atom stereocenters. The molecule has 11 rings (SSSR count). The summed E-state index contributed by atoms with van der Waals surface area (Å²) < 4.78 is 16.0. The van der Waals surface area contributed by atoms with Crippen molar-refractivity contribution in [3.63, 3.8) is 0 Å². The number of aryl methyl sites for hydroxylation is 3. The van der Waals surface area contributed by atoms with Gasteiger partial charge in [0.2, 0.25) is 0 Å². The number of aliphatic hydroxyl groups excluding tert-OH is 4. The second kappa shape index (κ2) is 35.5. The van der Waals surface area contributed by atoms with Crippen LogP contribution in [-0.2, 0) is 72.1 Å². The smallest absolute Gasteiger partial charge is 0.354 e. The third-order valence-corrected chi connectivity index (χ3v) is 13.9. The van der Waals surface area contributed by atoms with E-state index in [-0.39, 0.29) is 102 Å². The number of pyridine rings is 1. The van der Waals surface area contributed by atoms with Crippen molar-refractivity contribution in [1.29, 1.82) is 0 Å². The summed E-state index contributed by atoms with van der Waals surface area (Å²) in [6, 6.07) is 47.9. The first-order chi connectivity index (χ1) is 40.9. The number of carbonyl (C=O) groups is 1. The van der Waals surface area contributed by atoms with Crippen molar-refractivity contribution < 1.29 is 106 Å². The van der Waals surface area contributed by atoms with Crippen LogP contribution >= 0.6 is 0 Å². The number of carboxylic acids is 1. The molecule has 0 saturated heterocycles. The molecule has 0 spiro atoms. The molecule has 89 heavy (non-hydrogen) atoms. The molecule has 4 aromatic heterocycles. The number of aliphatic hydroxyl groups is 4. The zero-order valence-electron chi connectivity index (χ0n) is 52.5. The summed E-state index contributed by atoms with van der Waals surface area (Å²) in [4.78, 5) is 40.2. The number of aromatic carboxylic acids is 1. The van der Waals surface area contributed by atoms with Crippen molar-refractivity contribution in [1.82, 2.24) is 34.9 Å². The Bertz CT molecular complexity index is 3510. The van der Waals surface area contributed by atoms with Crippen LogP contribution in [0.4, 0.5) is 0 Å². The van der Waals surface area contributed by atoms with Gasteiger partial charge in [-0.05, 0) is 95.4 Å². The Morgan fingerprint density at radius 3 is 1.15 bits per heavy atom. The predicted octanol–water partition coefficient (Wildman–Crippen LogP) is 12.4. The molecule has 478 valence electrons. The number of hydrogen-bond acceptors (Lipinski definition) is 15. The van der Waals surface area contributed by atoms with Crippen molar-refractivity contribution in [2.45, 2.75) is 124 Å². The molecule has 2 aliphatic rings. The number of benzene rings is 5. The van der Waals surface area contributed by atoms with Crippen LogP contribution in [0.3, 0.4) is 0 Å². The minimum absolute atomic E-state index is 0. The van der Waals surface area contributed by atoms with E-state index in [1.165, 1.54) is 56.8 Å². The van der Waals surface area contributed by atoms with Crippen LogP contribution in [0.15, 0.2) is 140 Å². The van der Waals surface area contributed by atoms with Gasteiger partial charge in [0.15, 0.2) is 17.6 Å². The molecule has 4 heterocycles. The van der Waals surface area contributed by atoms with E-state index in [4.69, 9.17) is 39.7 Å². The quantitative estimate of drug-likeness (QED) is 0.0757. The number of fused-ring (bicyclic) bond motifs is 6. The number of hydrogen-bond donors (Lipinski definition) is 5. The molecule has 5 N–H and O–H groups in total. The Hall–Kier alpha value is -6.81. The van der Waals surface area contributed by atoms with E-state index in [0.29, 0.717) is 30.5 Å². The van der Waals surface area contributed by atoms with E-state index in [2.05, 4.69) is 154 Å². The van der Waals surface area contributed by atoms with Gasteiger partial charge in [0.1, 0.15) is 5.69 Å². The van der Waals surface area contributed by atoms with Gasteiger partial charge in [0.25, 0.3) is 0 Å². The number of rotatable bonds is 11. The summed E-state index contributed by atoms with van der Waals surface area (Å²) >= 11 is 0. The number of carboxylic acid groups (broad SMARTS) is 1. The average Bonchev–Trinajstić information content (AvgIpc) is 1.69. The monoisotopic (exact) mass is 1740 g/mol. The summed E-state index contributed by atoms with van der Waals surface area (Å²) in [5.41, 5.74) is 17.8. The third kappa shape index (κ3) is 20.3. The van der Waals surface area contributed by atoms with Gasteiger partial charge in [-0.25, -0.2) is 24.7 Å². The molecule has 0 fully saturated rings. The van der Waals surface area contributed by atoms with Gasteiger partial charge < -0.3 is 39.7 Å². The van der Waals surface area contributed by atoms with E-state index in [9.17, 15) is 4.79 Å². The fourth-order valence-corrected chi connectivity index (χ4v) is 9.92. The van der Waals surface area contributed by atoms with Crippen LogP contribution in [0.5, 0.6) is 17.6 Å². The van der Waals surface area contributed by atoms with Crippen molar-refractivity contribution in [2.24, 2.45) is 0 Å². The number of methoxy groups -OCH3 is 3. The van der Waals surface area contributed by atoms with Gasteiger partial charge in [-0.15, -0.1) is 94.5 Å². The molecular weight excluding hydrogens is 1660 g/mol. The first kappa shape index (κ1) is 76.4. The van der Waals surface area contributed by atoms with Crippen LogP contribution in [0.25, 0.3) is 56.0 Å². The van der Waals surface area contributed by atoms with E-state index in [0.717, 1.165) is 50.9 Å². The second-order valence-corrected chi connectivity index (χ2v) is 22.0. The van der Waals surface area contributed by atoms with Gasteiger partial charge in [-0.1, -0.05) is 105 Å². The maximum absolute atomic E-state index is 10.1. The van der Waals surface area contributed by atoms with Gasteiger partial charge in [-0.3, -0.25) is 15.0 Å². The zero-order valence-corrected chi connectivity index (χ0v) is 59.5. The van der Waals surface area contributed by atoms with Gasteiger partial charge in [0, 0.05) is 103 Å². The SMILES string of the molecule is CC(O)CC(C)O.CC(O)CC(C)O.COc1nc(C)cnc1-c1[c-]cc2c(c1)C(C)(C)c1ccccc1-2.COc1nc(C)cnc1-c1[c-]cc2c(c1)C(C)(C)c1ccccc1-2.COc1nc(C)cnc1-c1[c-]cccc1.O=C(O)c1ccccn1.[Ir].[Ir].[Pt]. The van der Waals surface area contributed by atoms with E-state index >= 15 is 0 Å².